The van der Waals surface area contributed by atoms with Gasteiger partial charge in [-0.25, -0.2) is 0 Å². The molecule has 3 unspecified atom stereocenters. The molecular formula is C28H35N3O5. The third kappa shape index (κ3) is 5.32. The van der Waals surface area contributed by atoms with Crippen molar-refractivity contribution in [3.8, 4) is 11.5 Å². The predicted octanol–water partition coefficient (Wildman–Crippen LogP) is 4.12. The van der Waals surface area contributed by atoms with E-state index in [1.165, 1.54) is 7.11 Å². The number of nitrogens with one attached hydrogen (secondary N) is 1. The van der Waals surface area contributed by atoms with Crippen LogP contribution in [0.2, 0.25) is 0 Å². The van der Waals surface area contributed by atoms with Gasteiger partial charge in [0.2, 0.25) is 11.8 Å². The third-order valence-corrected chi connectivity index (χ3v) is 7.07. The molecule has 0 bridgehead atoms. The molecule has 0 aromatic heterocycles. The zero-order valence-electron chi connectivity index (χ0n) is 21.7. The number of methoxy groups -OCH3 is 2. The average Bonchev–Trinajstić information content (AvgIpc) is 3.25. The number of hydrogen-bond donors (Lipinski definition) is 1. The number of rotatable bonds is 6. The number of hydrogen-bond acceptors (Lipinski definition) is 5. The zero-order valence-corrected chi connectivity index (χ0v) is 21.7. The number of piperidine rings is 1. The molecule has 192 valence electrons. The summed E-state index contributed by atoms with van der Waals surface area (Å²) in [6, 6.07) is 10.7. The van der Waals surface area contributed by atoms with E-state index in [-0.39, 0.29) is 30.7 Å². The Balaban J connectivity index is 1.48. The summed E-state index contributed by atoms with van der Waals surface area (Å²) >= 11 is 0. The first kappa shape index (κ1) is 25.5. The molecule has 8 nitrogen and oxygen atoms in total. The summed E-state index contributed by atoms with van der Waals surface area (Å²) in [5.41, 5.74) is 2.58. The lowest BCUT2D eigenvalue weighted by atomic mass is 9.91. The molecule has 2 aromatic carbocycles. The van der Waals surface area contributed by atoms with Gasteiger partial charge in [-0.15, -0.1) is 0 Å². The fraction of sp³-hybridized carbons (Fsp3) is 0.464. The summed E-state index contributed by atoms with van der Waals surface area (Å²) in [6.07, 6.45) is 1.21. The molecule has 3 amide bonds. The first-order valence-electron chi connectivity index (χ1n) is 12.4. The highest BCUT2D eigenvalue weighted by atomic mass is 16.5. The topological polar surface area (TPSA) is 88.2 Å². The van der Waals surface area contributed by atoms with Gasteiger partial charge in [0.25, 0.3) is 5.91 Å². The Kier molecular flexibility index (Phi) is 7.52. The number of nitrogens with zero attached hydrogens (tertiary/aromatic N) is 2. The Bertz CT molecular complexity index is 1150. The van der Waals surface area contributed by atoms with Crippen LogP contribution in [0.15, 0.2) is 36.4 Å². The van der Waals surface area contributed by atoms with Crippen LogP contribution in [0, 0.1) is 24.7 Å². The maximum Gasteiger partial charge on any atom is 0.253 e. The number of likely N-dealkylation sites (tertiary alicyclic amines) is 1. The molecule has 0 spiro atoms. The van der Waals surface area contributed by atoms with Gasteiger partial charge in [0.1, 0.15) is 11.5 Å². The van der Waals surface area contributed by atoms with E-state index in [2.05, 4.69) is 19.2 Å². The number of ether oxygens (including phenoxy) is 2. The first-order chi connectivity index (χ1) is 17.2. The molecule has 2 fully saturated rings. The van der Waals surface area contributed by atoms with E-state index in [4.69, 9.17) is 9.47 Å². The lowest BCUT2D eigenvalue weighted by Crippen LogP contribution is -2.42. The molecule has 2 heterocycles. The smallest absolute Gasteiger partial charge is 0.253 e. The lowest BCUT2D eigenvalue weighted by molar-refractivity contribution is -0.122. The minimum Gasteiger partial charge on any atom is -0.497 e. The van der Waals surface area contributed by atoms with Gasteiger partial charge in [-0.05, 0) is 55.0 Å². The Labute approximate surface area is 212 Å². The van der Waals surface area contributed by atoms with Crippen LogP contribution in [0.1, 0.15) is 42.6 Å². The molecule has 0 saturated carbocycles. The van der Waals surface area contributed by atoms with Gasteiger partial charge in [-0.3, -0.25) is 14.4 Å². The van der Waals surface area contributed by atoms with Crippen LogP contribution in [-0.4, -0.2) is 56.5 Å². The number of amides is 3. The highest BCUT2D eigenvalue weighted by molar-refractivity contribution is 6.05. The highest BCUT2D eigenvalue weighted by Crippen LogP contribution is 2.36. The molecule has 2 saturated heterocycles. The minimum absolute atomic E-state index is 0.0174. The summed E-state index contributed by atoms with van der Waals surface area (Å²) < 4.78 is 10.7. The fourth-order valence-electron chi connectivity index (χ4n) is 5.26. The molecule has 2 aliphatic rings. The van der Waals surface area contributed by atoms with Crippen LogP contribution in [-0.2, 0) is 9.59 Å². The quantitative estimate of drug-likeness (QED) is 0.654. The van der Waals surface area contributed by atoms with Crippen molar-refractivity contribution >= 4 is 29.1 Å². The van der Waals surface area contributed by atoms with Crippen molar-refractivity contribution in [2.24, 2.45) is 17.8 Å². The van der Waals surface area contributed by atoms with Crippen LogP contribution in [0.25, 0.3) is 0 Å². The van der Waals surface area contributed by atoms with Crippen molar-refractivity contribution in [3.05, 3.63) is 47.5 Å². The third-order valence-electron chi connectivity index (χ3n) is 7.07. The van der Waals surface area contributed by atoms with Gasteiger partial charge in [0.15, 0.2) is 0 Å². The normalized spacial score (nSPS) is 21.9. The van der Waals surface area contributed by atoms with Crippen molar-refractivity contribution in [2.45, 2.75) is 33.6 Å². The van der Waals surface area contributed by atoms with Gasteiger partial charge in [0.05, 0.1) is 25.8 Å². The number of anilines is 2. The van der Waals surface area contributed by atoms with Crippen molar-refractivity contribution in [2.75, 3.05) is 44.1 Å². The summed E-state index contributed by atoms with van der Waals surface area (Å²) in [4.78, 5) is 42.7. The van der Waals surface area contributed by atoms with Crippen molar-refractivity contribution in [3.63, 3.8) is 0 Å². The average molecular weight is 494 g/mol. The molecule has 2 aliphatic heterocycles. The second-order valence-electron chi connectivity index (χ2n) is 10.1. The summed E-state index contributed by atoms with van der Waals surface area (Å²) in [6.45, 7) is 7.95. The number of aryl methyl sites for hydroxylation is 1. The predicted molar refractivity (Wildman–Crippen MR) is 139 cm³/mol. The number of carbonyl (C=O) groups excluding carboxylic acids is 3. The molecule has 0 radical (unpaired) electrons. The van der Waals surface area contributed by atoms with E-state index >= 15 is 0 Å². The first-order valence-corrected chi connectivity index (χ1v) is 12.4. The van der Waals surface area contributed by atoms with Gasteiger partial charge >= 0.3 is 0 Å². The minimum atomic E-state index is -0.532. The summed E-state index contributed by atoms with van der Waals surface area (Å²) in [7, 11) is 3.10. The Morgan fingerprint density at radius 1 is 0.972 bits per heavy atom. The van der Waals surface area contributed by atoms with Crippen LogP contribution in [0.4, 0.5) is 11.4 Å². The second-order valence-corrected chi connectivity index (χ2v) is 10.1. The van der Waals surface area contributed by atoms with E-state index in [1.54, 1.807) is 36.3 Å². The maximum atomic E-state index is 13.2. The van der Waals surface area contributed by atoms with E-state index in [9.17, 15) is 14.4 Å². The molecular weight excluding hydrogens is 458 g/mol. The van der Waals surface area contributed by atoms with Crippen molar-refractivity contribution in [1.82, 2.24) is 4.90 Å². The van der Waals surface area contributed by atoms with Crippen LogP contribution in [0.3, 0.4) is 0 Å². The SMILES string of the molecule is COc1ccc(OC)c(N2CC(C(=O)Nc3cc(C(=O)N4CC(C)CC(C)C4)ccc3C)CC2=O)c1. The summed E-state index contributed by atoms with van der Waals surface area (Å²) in [5, 5.41) is 2.97. The van der Waals surface area contributed by atoms with E-state index in [1.807, 2.05) is 24.0 Å². The van der Waals surface area contributed by atoms with Crippen LogP contribution in [0.5, 0.6) is 11.5 Å². The maximum absolute atomic E-state index is 13.2. The lowest BCUT2D eigenvalue weighted by Gasteiger charge is -2.35. The van der Waals surface area contributed by atoms with E-state index in [0.717, 1.165) is 25.1 Å². The van der Waals surface area contributed by atoms with Gasteiger partial charge in [-0.1, -0.05) is 19.9 Å². The van der Waals surface area contributed by atoms with E-state index < -0.39 is 5.92 Å². The van der Waals surface area contributed by atoms with Crippen LogP contribution < -0.4 is 19.7 Å². The van der Waals surface area contributed by atoms with Crippen molar-refractivity contribution < 1.29 is 23.9 Å². The van der Waals surface area contributed by atoms with Gasteiger partial charge in [-0.2, -0.15) is 0 Å². The zero-order chi connectivity index (χ0) is 26.0. The van der Waals surface area contributed by atoms with Crippen molar-refractivity contribution in [1.29, 1.82) is 0 Å². The summed E-state index contributed by atoms with van der Waals surface area (Å²) in [5.74, 6) is 1.11. The molecule has 36 heavy (non-hydrogen) atoms. The number of benzene rings is 2. The number of carbonyl (C=O) groups is 3. The van der Waals surface area contributed by atoms with Gasteiger partial charge < -0.3 is 24.6 Å². The highest BCUT2D eigenvalue weighted by Gasteiger charge is 2.37. The van der Waals surface area contributed by atoms with Crippen LogP contribution >= 0.6 is 0 Å². The van der Waals surface area contributed by atoms with E-state index in [0.29, 0.717) is 40.3 Å². The monoisotopic (exact) mass is 493 g/mol. The Morgan fingerprint density at radius 3 is 2.36 bits per heavy atom. The van der Waals surface area contributed by atoms with Gasteiger partial charge in [0, 0.05) is 43.4 Å². The molecule has 1 N–H and O–H groups in total. The molecule has 8 heteroatoms. The second kappa shape index (κ2) is 10.6. The largest absolute Gasteiger partial charge is 0.497 e. The molecule has 0 aliphatic carbocycles. The molecule has 2 aromatic rings. The Morgan fingerprint density at radius 2 is 1.69 bits per heavy atom. The fourth-order valence-corrected chi connectivity index (χ4v) is 5.26. The Hall–Kier alpha value is -3.55. The standard InChI is InChI=1S/C28H35N3O5/c1-17-10-18(2)15-30(14-17)28(34)20-7-6-19(3)23(11-20)29-27(33)21-12-26(32)31(16-21)24-13-22(35-4)8-9-25(24)36-5/h6-9,11,13,17-18,21H,10,12,14-16H2,1-5H3,(H,29,33). The molecule has 3 atom stereocenters. The molecule has 4 rings (SSSR count).